The highest BCUT2D eigenvalue weighted by atomic mass is 16.6. The van der Waals surface area contributed by atoms with E-state index in [2.05, 4.69) is 4.98 Å². The van der Waals surface area contributed by atoms with E-state index in [1.54, 1.807) is 16.8 Å². The summed E-state index contributed by atoms with van der Waals surface area (Å²) in [7, 11) is 7.80. The van der Waals surface area contributed by atoms with Gasteiger partial charge in [-0.2, -0.15) is 10.1 Å². The van der Waals surface area contributed by atoms with Crippen LogP contribution in [0.1, 0.15) is 12.8 Å². The van der Waals surface area contributed by atoms with Crippen LogP contribution >= 0.6 is 0 Å². The van der Waals surface area contributed by atoms with Crippen molar-refractivity contribution >= 4 is 34.9 Å². The summed E-state index contributed by atoms with van der Waals surface area (Å²) < 4.78 is 29.6. The quantitative estimate of drug-likeness (QED) is 0.199. The molecular formula is C30H31N5O9. The minimum absolute atomic E-state index is 0.0594. The van der Waals surface area contributed by atoms with E-state index in [0.717, 1.165) is 37.3 Å². The number of carbonyl (C=O) groups excluding carboxylic acids is 4. The molecule has 0 fully saturated rings. The molecule has 0 saturated heterocycles. The van der Waals surface area contributed by atoms with Gasteiger partial charge in [-0.15, -0.1) is 0 Å². The molecule has 3 aromatic rings. The number of fused-ring (bicyclic) bond motifs is 4. The number of rotatable bonds is 9. The average Bonchev–Trinajstić information content (AvgIpc) is 3.31. The standard InChI is InChI=1S/C30H31N5O9/c1-33(2)13-5-15-35-29-25-26(32-35)19-8-7-18(40-16-6-14-34(3)4)17-20(19)41-21(36)9-12-24(39)44-30(31-29)28-27(25)42-22(37)10-11-23(38)43-28/h7-12,17H,5-6,13-16H2,1-4H3/b11-10-,12-9-. The largest absolute Gasteiger partial charge is 0.493 e. The van der Waals surface area contributed by atoms with Crippen molar-refractivity contribution in [2.24, 2.45) is 0 Å². The lowest BCUT2D eigenvalue weighted by atomic mass is 10.1. The molecule has 3 aliphatic rings. The van der Waals surface area contributed by atoms with Gasteiger partial charge in [-0.25, -0.2) is 23.9 Å². The van der Waals surface area contributed by atoms with E-state index >= 15 is 0 Å². The zero-order valence-corrected chi connectivity index (χ0v) is 24.7. The number of pyridine rings is 1. The fraction of sp³-hybridized carbons (Fsp3) is 0.333. The van der Waals surface area contributed by atoms with Crippen molar-refractivity contribution in [2.45, 2.75) is 19.4 Å². The monoisotopic (exact) mass is 605 g/mol. The molecule has 5 heterocycles. The first-order chi connectivity index (χ1) is 21.1. The van der Waals surface area contributed by atoms with Crippen LogP contribution in [0.3, 0.4) is 0 Å². The normalized spacial score (nSPS) is 16.1. The van der Waals surface area contributed by atoms with Gasteiger partial charge in [0.15, 0.2) is 11.4 Å². The molecule has 1 aromatic carbocycles. The molecule has 14 nitrogen and oxygen atoms in total. The van der Waals surface area contributed by atoms with Crippen LogP contribution in [0.4, 0.5) is 0 Å². The highest BCUT2D eigenvalue weighted by Gasteiger charge is 2.32. The summed E-state index contributed by atoms with van der Waals surface area (Å²) in [5.41, 5.74) is 0.718. The van der Waals surface area contributed by atoms with Crippen LogP contribution in [0.2, 0.25) is 0 Å². The summed E-state index contributed by atoms with van der Waals surface area (Å²) in [5, 5.41) is 4.95. The average molecular weight is 606 g/mol. The lowest BCUT2D eigenvalue weighted by Crippen LogP contribution is -2.17. The number of aromatic nitrogens is 3. The third-order valence-corrected chi connectivity index (χ3v) is 6.49. The molecule has 0 spiro atoms. The molecule has 0 amide bonds. The van der Waals surface area contributed by atoms with Crippen LogP contribution in [-0.4, -0.2) is 96.3 Å². The first-order valence-corrected chi connectivity index (χ1v) is 13.8. The van der Waals surface area contributed by atoms with Crippen LogP contribution in [0.15, 0.2) is 42.5 Å². The highest BCUT2D eigenvalue weighted by Crippen LogP contribution is 2.48. The minimum atomic E-state index is -1.02. The second-order valence-electron chi connectivity index (χ2n) is 10.5. The Bertz CT molecular complexity index is 1690. The third-order valence-electron chi connectivity index (χ3n) is 6.49. The van der Waals surface area contributed by atoms with E-state index in [1.807, 2.05) is 38.0 Å². The van der Waals surface area contributed by atoms with Gasteiger partial charge in [-0.3, -0.25) is 0 Å². The Morgan fingerprint density at radius 1 is 0.773 bits per heavy atom. The Labute approximate surface area is 252 Å². The van der Waals surface area contributed by atoms with Gasteiger partial charge in [0, 0.05) is 49.0 Å². The number of ether oxygens (including phenoxy) is 5. The third kappa shape index (κ3) is 6.93. The molecule has 0 aliphatic carbocycles. The van der Waals surface area contributed by atoms with E-state index < -0.39 is 35.5 Å². The van der Waals surface area contributed by atoms with Crippen molar-refractivity contribution in [2.75, 3.05) is 47.9 Å². The van der Waals surface area contributed by atoms with Gasteiger partial charge in [0.2, 0.25) is 5.75 Å². The highest BCUT2D eigenvalue weighted by molar-refractivity contribution is 6.05. The number of hydrogen-bond donors (Lipinski definition) is 0. The molecule has 0 atom stereocenters. The zero-order chi connectivity index (χ0) is 31.4. The first kappa shape index (κ1) is 30.4. The van der Waals surface area contributed by atoms with Crippen molar-refractivity contribution in [3.63, 3.8) is 0 Å². The van der Waals surface area contributed by atoms with E-state index in [9.17, 15) is 19.2 Å². The fourth-order valence-corrected chi connectivity index (χ4v) is 4.53. The lowest BCUT2D eigenvalue weighted by molar-refractivity contribution is -0.134. The van der Waals surface area contributed by atoms with Crippen molar-refractivity contribution < 1.29 is 42.9 Å². The maximum absolute atomic E-state index is 12.8. The molecule has 14 heteroatoms. The van der Waals surface area contributed by atoms with Crippen molar-refractivity contribution in [3.05, 3.63) is 42.5 Å². The summed E-state index contributed by atoms with van der Waals surface area (Å²) in [6, 6.07) is 4.88. The SMILES string of the molecule is CN(C)CCCOc1ccc2c(c1)OC(=O)/C=C\C(=O)Oc1nc3c(c-2nn3CCCN(C)C)c2c1OC(=O)/C=C\C(=O)O2. The molecule has 0 radical (unpaired) electrons. The maximum Gasteiger partial charge on any atom is 0.337 e. The van der Waals surface area contributed by atoms with Crippen LogP contribution in [-0.2, 0) is 25.7 Å². The van der Waals surface area contributed by atoms with Gasteiger partial charge in [0.1, 0.15) is 17.2 Å². The Morgan fingerprint density at radius 2 is 1.39 bits per heavy atom. The topological polar surface area (TPSA) is 152 Å². The van der Waals surface area contributed by atoms with Gasteiger partial charge >= 0.3 is 23.9 Å². The summed E-state index contributed by atoms with van der Waals surface area (Å²) in [5.74, 6) is -4.29. The van der Waals surface area contributed by atoms with Gasteiger partial charge in [0.05, 0.1) is 12.0 Å². The van der Waals surface area contributed by atoms with Gasteiger partial charge in [0.25, 0.3) is 5.88 Å². The molecule has 0 saturated carbocycles. The molecule has 44 heavy (non-hydrogen) atoms. The maximum atomic E-state index is 12.8. The van der Waals surface area contributed by atoms with Gasteiger partial charge in [-0.1, -0.05) is 0 Å². The predicted molar refractivity (Wildman–Crippen MR) is 156 cm³/mol. The van der Waals surface area contributed by atoms with Gasteiger partial charge in [-0.05, 0) is 59.7 Å². The van der Waals surface area contributed by atoms with Crippen LogP contribution in [0.25, 0.3) is 22.3 Å². The van der Waals surface area contributed by atoms with E-state index in [0.29, 0.717) is 37.4 Å². The molecule has 0 N–H and O–H groups in total. The van der Waals surface area contributed by atoms with Crippen LogP contribution < -0.4 is 23.7 Å². The van der Waals surface area contributed by atoms with E-state index in [4.69, 9.17) is 28.8 Å². The Morgan fingerprint density at radius 3 is 2.07 bits per heavy atom. The number of aryl methyl sites for hydroxylation is 1. The summed E-state index contributed by atoms with van der Waals surface area (Å²) >= 11 is 0. The fourth-order valence-electron chi connectivity index (χ4n) is 4.53. The first-order valence-electron chi connectivity index (χ1n) is 13.8. The molecule has 230 valence electrons. The molecule has 3 aliphatic heterocycles. The predicted octanol–water partition coefficient (Wildman–Crippen LogP) is 2.14. The molecular weight excluding hydrogens is 574 g/mol. The second kappa shape index (κ2) is 13.1. The van der Waals surface area contributed by atoms with Crippen molar-refractivity contribution in [3.8, 4) is 40.1 Å². The summed E-state index contributed by atoms with van der Waals surface area (Å²) in [4.78, 5) is 59.3. The van der Waals surface area contributed by atoms with Crippen LogP contribution in [0, 0.1) is 0 Å². The second-order valence-corrected chi connectivity index (χ2v) is 10.5. The molecule has 2 aromatic heterocycles. The smallest absolute Gasteiger partial charge is 0.337 e. The van der Waals surface area contributed by atoms with Crippen molar-refractivity contribution in [1.29, 1.82) is 0 Å². The summed E-state index contributed by atoms with van der Waals surface area (Å²) in [6.45, 7) is 2.31. The van der Waals surface area contributed by atoms with E-state index in [-0.39, 0.29) is 28.2 Å². The molecule has 0 unspecified atom stereocenters. The molecule has 4 bridgehead atoms. The summed E-state index contributed by atoms with van der Waals surface area (Å²) in [6.07, 6.45) is 4.93. The van der Waals surface area contributed by atoms with Gasteiger partial charge < -0.3 is 33.5 Å². The minimum Gasteiger partial charge on any atom is -0.493 e. The van der Waals surface area contributed by atoms with E-state index in [1.165, 1.54) is 6.07 Å². The Hall–Kier alpha value is -5.08. The number of nitrogens with zero attached hydrogens (tertiary/aromatic N) is 5. The Balaban J connectivity index is 1.74. The lowest BCUT2D eigenvalue weighted by Gasteiger charge is -2.16. The number of benzene rings is 1. The van der Waals surface area contributed by atoms with Crippen molar-refractivity contribution in [1.82, 2.24) is 24.6 Å². The van der Waals surface area contributed by atoms with Crippen LogP contribution in [0.5, 0.6) is 28.9 Å². The zero-order valence-electron chi connectivity index (χ0n) is 24.7. The number of carbonyl (C=O) groups is 4. The Kier molecular flexibility index (Phi) is 9.01. The number of hydrogen-bond acceptors (Lipinski definition) is 13. The number of esters is 4. The molecule has 6 rings (SSSR count).